The van der Waals surface area contributed by atoms with Gasteiger partial charge in [0, 0.05) is 17.7 Å². The Morgan fingerprint density at radius 1 is 1.22 bits per heavy atom. The van der Waals surface area contributed by atoms with Gasteiger partial charge in [-0.1, -0.05) is 19.3 Å². The largest absolute Gasteiger partial charge is 0.397 e. The van der Waals surface area contributed by atoms with Gasteiger partial charge in [-0.15, -0.1) is 0 Å². The molecule has 5 heteroatoms. The van der Waals surface area contributed by atoms with Crippen LogP contribution in [0.4, 0.5) is 5.69 Å². The van der Waals surface area contributed by atoms with Gasteiger partial charge in [0.15, 0.2) is 5.82 Å². The number of nitrogen functional groups attached to an aromatic ring is 1. The molecular weight excluding hydrogens is 226 g/mol. The second kappa shape index (κ2) is 4.76. The van der Waals surface area contributed by atoms with Crippen molar-refractivity contribution >= 4 is 5.69 Å². The maximum atomic E-state index is 5.88. The van der Waals surface area contributed by atoms with Crippen LogP contribution in [0.3, 0.4) is 0 Å². The Bertz CT molecular complexity index is 528. The maximum absolute atomic E-state index is 5.88. The van der Waals surface area contributed by atoms with Gasteiger partial charge >= 0.3 is 0 Å². The highest BCUT2D eigenvalue weighted by Crippen LogP contribution is 2.31. The lowest BCUT2D eigenvalue weighted by Crippen LogP contribution is -2.06. The second-order valence-corrected chi connectivity index (χ2v) is 4.84. The molecule has 0 unspecified atom stereocenters. The number of H-pyrrole nitrogens is 1. The first-order valence-corrected chi connectivity index (χ1v) is 6.47. The summed E-state index contributed by atoms with van der Waals surface area (Å²) in [6.45, 7) is 0. The van der Waals surface area contributed by atoms with Crippen LogP contribution in [0, 0.1) is 0 Å². The summed E-state index contributed by atoms with van der Waals surface area (Å²) in [5.74, 6) is 2.21. The van der Waals surface area contributed by atoms with Crippen molar-refractivity contribution in [2.75, 3.05) is 5.73 Å². The molecule has 5 nitrogen and oxygen atoms in total. The first-order chi connectivity index (χ1) is 8.84. The van der Waals surface area contributed by atoms with E-state index in [2.05, 4.69) is 20.2 Å². The lowest BCUT2D eigenvalue weighted by atomic mass is 9.89. The van der Waals surface area contributed by atoms with Crippen LogP contribution >= 0.6 is 0 Å². The molecule has 1 aliphatic rings. The van der Waals surface area contributed by atoms with Gasteiger partial charge in [-0.05, 0) is 18.9 Å². The molecule has 94 valence electrons. The minimum atomic E-state index is 0.531. The molecule has 2 aromatic rings. The molecule has 0 saturated heterocycles. The van der Waals surface area contributed by atoms with Crippen molar-refractivity contribution in [3.8, 4) is 11.4 Å². The SMILES string of the molecule is Nc1cnccc1-c1n[nH]c(C2CCCCC2)n1. The average Bonchev–Trinajstić information content (AvgIpc) is 2.90. The molecule has 3 rings (SSSR count). The number of aromatic amines is 1. The zero-order valence-corrected chi connectivity index (χ0v) is 10.3. The highest BCUT2D eigenvalue weighted by molar-refractivity contribution is 5.69. The molecule has 2 aromatic heterocycles. The predicted octanol–water partition coefficient (Wildman–Crippen LogP) is 2.50. The van der Waals surface area contributed by atoms with Crippen LogP contribution in [0.15, 0.2) is 18.5 Å². The standard InChI is InChI=1S/C13H17N5/c14-11-8-15-7-6-10(11)13-16-12(17-18-13)9-4-2-1-3-5-9/h6-9H,1-5,14H2,(H,16,17,18). The Hall–Kier alpha value is -1.91. The molecular formula is C13H17N5. The molecule has 0 amide bonds. The lowest BCUT2D eigenvalue weighted by molar-refractivity contribution is 0.429. The number of pyridine rings is 1. The summed E-state index contributed by atoms with van der Waals surface area (Å²) >= 11 is 0. The Balaban J connectivity index is 1.87. The van der Waals surface area contributed by atoms with Gasteiger partial charge in [-0.3, -0.25) is 10.1 Å². The van der Waals surface area contributed by atoms with Crippen LogP contribution in [-0.2, 0) is 0 Å². The van der Waals surface area contributed by atoms with E-state index in [-0.39, 0.29) is 0 Å². The molecule has 0 aromatic carbocycles. The predicted molar refractivity (Wildman–Crippen MR) is 69.9 cm³/mol. The Kier molecular flexibility index (Phi) is 2.96. The summed E-state index contributed by atoms with van der Waals surface area (Å²) in [5.41, 5.74) is 7.35. The van der Waals surface area contributed by atoms with Crippen LogP contribution in [-0.4, -0.2) is 20.2 Å². The topological polar surface area (TPSA) is 80.5 Å². The highest BCUT2D eigenvalue weighted by Gasteiger charge is 2.19. The van der Waals surface area contributed by atoms with E-state index in [1.165, 1.54) is 32.1 Å². The van der Waals surface area contributed by atoms with E-state index in [9.17, 15) is 0 Å². The van der Waals surface area contributed by atoms with Crippen molar-refractivity contribution in [3.05, 3.63) is 24.3 Å². The van der Waals surface area contributed by atoms with Crippen molar-refractivity contribution in [3.63, 3.8) is 0 Å². The highest BCUT2D eigenvalue weighted by atomic mass is 15.2. The third-order valence-electron chi connectivity index (χ3n) is 3.59. The number of nitrogens with two attached hydrogens (primary N) is 1. The fourth-order valence-electron chi connectivity index (χ4n) is 2.56. The number of nitrogens with zero attached hydrogens (tertiary/aromatic N) is 3. The van der Waals surface area contributed by atoms with Crippen molar-refractivity contribution in [1.82, 2.24) is 20.2 Å². The average molecular weight is 243 g/mol. The van der Waals surface area contributed by atoms with E-state index < -0.39 is 0 Å². The van der Waals surface area contributed by atoms with Gasteiger partial charge in [0.1, 0.15) is 5.82 Å². The fourth-order valence-corrected chi connectivity index (χ4v) is 2.56. The molecule has 0 spiro atoms. The molecule has 3 N–H and O–H groups in total. The van der Waals surface area contributed by atoms with E-state index in [1.54, 1.807) is 12.4 Å². The summed E-state index contributed by atoms with van der Waals surface area (Å²) in [6.07, 6.45) is 9.68. The second-order valence-electron chi connectivity index (χ2n) is 4.84. The van der Waals surface area contributed by atoms with Crippen molar-refractivity contribution in [2.45, 2.75) is 38.0 Å². The third-order valence-corrected chi connectivity index (χ3v) is 3.59. The lowest BCUT2D eigenvalue weighted by Gasteiger charge is -2.18. The Labute approximate surface area is 106 Å². The smallest absolute Gasteiger partial charge is 0.183 e. The zero-order chi connectivity index (χ0) is 12.4. The van der Waals surface area contributed by atoms with Gasteiger partial charge in [0.05, 0.1) is 11.9 Å². The van der Waals surface area contributed by atoms with Gasteiger partial charge in [-0.25, -0.2) is 4.98 Å². The van der Waals surface area contributed by atoms with E-state index in [4.69, 9.17) is 5.73 Å². The molecule has 1 saturated carbocycles. The van der Waals surface area contributed by atoms with E-state index in [0.29, 0.717) is 17.4 Å². The number of anilines is 1. The maximum Gasteiger partial charge on any atom is 0.183 e. The molecule has 1 aliphatic carbocycles. The number of hydrogen-bond donors (Lipinski definition) is 2. The summed E-state index contributed by atoms with van der Waals surface area (Å²) < 4.78 is 0. The number of rotatable bonds is 2. The summed E-state index contributed by atoms with van der Waals surface area (Å²) in [6, 6.07) is 1.85. The normalized spacial score (nSPS) is 16.9. The first-order valence-electron chi connectivity index (χ1n) is 6.47. The quantitative estimate of drug-likeness (QED) is 0.849. The molecule has 0 bridgehead atoms. The van der Waals surface area contributed by atoms with Crippen LogP contribution in [0.1, 0.15) is 43.8 Å². The summed E-state index contributed by atoms with van der Waals surface area (Å²) in [4.78, 5) is 8.57. The van der Waals surface area contributed by atoms with Gasteiger partial charge in [-0.2, -0.15) is 5.10 Å². The van der Waals surface area contributed by atoms with Crippen LogP contribution in [0.5, 0.6) is 0 Å². The zero-order valence-electron chi connectivity index (χ0n) is 10.3. The molecule has 2 heterocycles. The summed E-state index contributed by atoms with van der Waals surface area (Å²) in [5, 5.41) is 7.34. The monoisotopic (exact) mass is 243 g/mol. The van der Waals surface area contributed by atoms with Crippen LogP contribution in [0.2, 0.25) is 0 Å². The van der Waals surface area contributed by atoms with Crippen LogP contribution in [0.25, 0.3) is 11.4 Å². The molecule has 0 radical (unpaired) electrons. The summed E-state index contributed by atoms with van der Waals surface area (Å²) in [7, 11) is 0. The van der Waals surface area contributed by atoms with Gasteiger partial charge in [0.25, 0.3) is 0 Å². The number of hydrogen-bond acceptors (Lipinski definition) is 4. The van der Waals surface area contributed by atoms with Crippen molar-refractivity contribution < 1.29 is 0 Å². The molecule has 0 atom stereocenters. The van der Waals surface area contributed by atoms with E-state index >= 15 is 0 Å². The molecule has 1 fully saturated rings. The fraction of sp³-hybridized carbons (Fsp3) is 0.462. The van der Waals surface area contributed by atoms with Gasteiger partial charge < -0.3 is 5.73 Å². The number of aromatic nitrogens is 4. The molecule has 0 aliphatic heterocycles. The van der Waals surface area contributed by atoms with Crippen molar-refractivity contribution in [2.24, 2.45) is 0 Å². The van der Waals surface area contributed by atoms with E-state index in [0.717, 1.165) is 11.4 Å². The van der Waals surface area contributed by atoms with Crippen molar-refractivity contribution in [1.29, 1.82) is 0 Å². The minimum Gasteiger partial charge on any atom is -0.397 e. The minimum absolute atomic E-state index is 0.531. The first kappa shape index (κ1) is 11.2. The third kappa shape index (κ3) is 2.08. The number of nitrogens with one attached hydrogen (secondary N) is 1. The Morgan fingerprint density at radius 3 is 2.83 bits per heavy atom. The Morgan fingerprint density at radius 2 is 2.06 bits per heavy atom. The van der Waals surface area contributed by atoms with Gasteiger partial charge in [0.2, 0.25) is 0 Å². The van der Waals surface area contributed by atoms with Crippen LogP contribution < -0.4 is 5.73 Å². The molecule has 18 heavy (non-hydrogen) atoms. The van der Waals surface area contributed by atoms with E-state index in [1.807, 2.05) is 6.07 Å².